The molecule has 0 saturated carbocycles. The summed E-state index contributed by atoms with van der Waals surface area (Å²) in [6.45, 7) is 1.78. The van der Waals surface area contributed by atoms with Gasteiger partial charge in [0, 0.05) is 30.9 Å². The predicted molar refractivity (Wildman–Crippen MR) is 121 cm³/mol. The Morgan fingerprint density at radius 3 is 2.42 bits per heavy atom. The van der Waals surface area contributed by atoms with E-state index in [1.165, 1.54) is 11.8 Å². The van der Waals surface area contributed by atoms with Gasteiger partial charge in [0.15, 0.2) is 11.5 Å². The summed E-state index contributed by atoms with van der Waals surface area (Å²) in [5.41, 5.74) is 2.95. The number of rotatable bonds is 9. The lowest BCUT2D eigenvalue weighted by molar-refractivity contribution is -0.204. The van der Waals surface area contributed by atoms with Gasteiger partial charge in [0.1, 0.15) is 21.8 Å². The Morgan fingerprint density at radius 2 is 1.77 bits per heavy atom. The lowest BCUT2D eigenvalue weighted by Crippen LogP contribution is -2.28. The van der Waals surface area contributed by atoms with Crippen molar-refractivity contribution in [3.05, 3.63) is 52.7 Å². The zero-order valence-corrected chi connectivity index (χ0v) is 19.6. The molecule has 0 amide bonds. The smallest absolute Gasteiger partial charge is 0.208 e. The van der Waals surface area contributed by atoms with E-state index in [-0.39, 0.29) is 0 Å². The van der Waals surface area contributed by atoms with E-state index in [2.05, 4.69) is 11.1 Å². The third-order valence-corrected chi connectivity index (χ3v) is 6.73. The second-order valence-electron chi connectivity index (χ2n) is 6.52. The lowest BCUT2D eigenvalue weighted by Gasteiger charge is -2.26. The second kappa shape index (κ2) is 10.1. The summed E-state index contributed by atoms with van der Waals surface area (Å²) in [6, 6.07) is 11.4. The molecular weight excluding hydrogens is 434 g/mol. The normalized spacial score (nSPS) is 11.2. The van der Waals surface area contributed by atoms with Crippen LogP contribution in [0.5, 0.6) is 11.5 Å². The van der Waals surface area contributed by atoms with E-state index < -0.39 is 5.79 Å². The number of thiazole rings is 1. The van der Waals surface area contributed by atoms with Crippen molar-refractivity contribution in [1.29, 1.82) is 5.26 Å². The SMILES string of the molecule is COc1ccc(-c2nc(CSc3nc(C(C)(OC)OC)ccc3C#N)cs2)cc1OC. The summed E-state index contributed by atoms with van der Waals surface area (Å²) in [5.74, 6) is 0.925. The van der Waals surface area contributed by atoms with Gasteiger partial charge in [0.25, 0.3) is 0 Å². The van der Waals surface area contributed by atoms with E-state index in [1.54, 1.807) is 58.8 Å². The first-order valence-electron chi connectivity index (χ1n) is 9.29. The molecule has 0 unspecified atom stereocenters. The van der Waals surface area contributed by atoms with Crippen LogP contribution in [0.25, 0.3) is 10.6 Å². The van der Waals surface area contributed by atoms with Crippen LogP contribution in [-0.2, 0) is 21.0 Å². The quantitative estimate of drug-likeness (QED) is 0.333. The minimum absolute atomic E-state index is 0.499. The van der Waals surface area contributed by atoms with Crippen molar-refractivity contribution >= 4 is 23.1 Å². The summed E-state index contributed by atoms with van der Waals surface area (Å²) in [7, 11) is 6.33. The molecule has 9 heteroatoms. The molecule has 7 nitrogen and oxygen atoms in total. The highest BCUT2D eigenvalue weighted by Gasteiger charge is 2.28. The molecule has 3 rings (SSSR count). The monoisotopic (exact) mass is 457 g/mol. The van der Waals surface area contributed by atoms with E-state index in [1.807, 2.05) is 23.6 Å². The van der Waals surface area contributed by atoms with Gasteiger partial charge in [-0.1, -0.05) is 11.8 Å². The Bertz CT molecular complexity index is 1090. The maximum atomic E-state index is 9.47. The minimum atomic E-state index is -0.982. The van der Waals surface area contributed by atoms with Crippen molar-refractivity contribution in [2.45, 2.75) is 23.5 Å². The average molecular weight is 458 g/mol. The summed E-state index contributed by atoms with van der Waals surface area (Å²) >= 11 is 3.00. The molecule has 0 aliphatic heterocycles. The molecule has 31 heavy (non-hydrogen) atoms. The molecule has 3 aromatic rings. The lowest BCUT2D eigenvalue weighted by atomic mass is 10.1. The third kappa shape index (κ3) is 4.99. The van der Waals surface area contributed by atoms with Gasteiger partial charge >= 0.3 is 0 Å². The Kier molecular flexibility index (Phi) is 7.51. The molecule has 2 heterocycles. The summed E-state index contributed by atoms with van der Waals surface area (Å²) in [6.07, 6.45) is 0. The Labute approximate surface area is 190 Å². The highest BCUT2D eigenvalue weighted by molar-refractivity contribution is 7.98. The number of aromatic nitrogens is 2. The van der Waals surface area contributed by atoms with Gasteiger partial charge in [0.05, 0.1) is 25.5 Å². The molecule has 0 radical (unpaired) electrons. The van der Waals surface area contributed by atoms with Crippen LogP contribution in [0.15, 0.2) is 40.7 Å². The Hall–Kier alpha value is -2.64. The highest BCUT2D eigenvalue weighted by atomic mass is 32.2. The number of nitriles is 1. The van der Waals surface area contributed by atoms with Gasteiger partial charge in [-0.05, 0) is 37.3 Å². The topological polar surface area (TPSA) is 86.5 Å². The van der Waals surface area contributed by atoms with Crippen LogP contribution in [0.1, 0.15) is 23.9 Å². The first-order valence-corrected chi connectivity index (χ1v) is 11.2. The fourth-order valence-electron chi connectivity index (χ4n) is 2.80. The number of ether oxygens (including phenoxy) is 4. The van der Waals surface area contributed by atoms with E-state index in [0.717, 1.165) is 16.3 Å². The van der Waals surface area contributed by atoms with Crippen LogP contribution in [0.3, 0.4) is 0 Å². The van der Waals surface area contributed by atoms with E-state index in [4.69, 9.17) is 23.9 Å². The van der Waals surface area contributed by atoms with Crippen LogP contribution in [-0.4, -0.2) is 38.4 Å². The maximum Gasteiger partial charge on any atom is 0.208 e. The largest absolute Gasteiger partial charge is 0.493 e. The summed E-state index contributed by atoms with van der Waals surface area (Å²) < 4.78 is 21.6. The molecule has 0 fully saturated rings. The van der Waals surface area contributed by atoms with Crippen LogP contribution in [0, 0.1) is 11.3 Å². The number of hydrogen-bond acceptors (Lipinski definition) is 9. The van der Waals surface area contributed by atoms with Crippen molar-refractivity contribution in [3.63, 3.8) is 0 Å². The molecular formula is C22H23N3O4S2. The number of thioether (sulfide) groups is 1. The van der Waals surface area contributed by atoms with Crippen molar-refractivity contribution in [3.8, 4) is 28.1 Å². The number of methoxy groups -OCH3 is 4. The average Bonchev–Trinajstić information content (AvgIpc) is 3.30. The Morgan fingerprint density at radius 1 is 1.03 bits per heavy atom. The zero-order valence-electron chi connectivity index (χ0n) is 18.0. The second-order valence-corrected chi connectivity index (χ2v) is 8.34. The van der Waals surface area contributed by atoms with Crippen LogP contribution < -0.4 is 9.47 Å². The van der Waals surface area contributed by atoms with Gasteiger partial charge < -0.3 is 18.9 Å². The fourth-order valence-corrected chi connectivity index (χ4v) is 4.59. The van der Waals surface area contributed by atoms with Crippen molar-refractivity contribution in [2.75, 3.05) is 28.4 Å². The molecule has 162 valence electrons. The van der Waals surface area contributed by atoms with Crippen LogP contribution >= 0.6 is 23.1 Å². The molecule has 0 saturated heterocycles. The van der Waals surface area contributed by atoms with Gasteiger partial charge in [-0.3, -0.25) is 0 Å². The third-order valence-electron chi connectivity index (χ3n) is 4.76. The van der Waals surface area contributed by atoms with Gasteiger partial charge in [-0.25, -0.2) is 9.97 Å². The van der Waals surface area contributed by atoms with Gasteiger partial charge in [-0.15, -0.1) is 11.3 Å². The summed E-state index contributed by atoms with van der Waals surface area (Å²) in [4.78, 5) is 9.34. The number of hydrogen-bond donors (Lipinski definition) is 0. The van der Waals surface area contributed by atoms with Gasteiger partial charge in [-0.2, -0.15) is 5.26 Å². The number of pyridine rings is 1. The molecule has 0 aliphatic carbocycles. The van der Waals surface area contributed by atoms with Gasteiger partial charge in [0.2, 0.25) is 5.79 Å². The molecule has 0 atom stereocenters. The van der Waals surface area contributed by atoms with Crippen molar-refractivity contribution in [2.24, 2.45) is 0 Å². The van der Waals surface area contributed by atoms with Crippen molar-refractivity contribution < 1.29 is 18.9 Å². The fraction of sp³-hybridized carbons (Fsp3) is 0.318. The molecule has 0 spiro atoms. The number of nitrogens with zero attached hydrogens (tertiary/aromatic N) is 3. The van der Waals surface area contributed by atoms with E-state index >= 15 is 0 Å². The molecule has 0 bridgehead atoms. The number of benzene rings is 1. The minimum Gasteiger partial charge on any atom is -0.493 e. The standard InChI is InChI=1S/C22H23N3O4S2/c1-22(28-4,29-5)19-9-7-15(11-23)21(25-19)31-13-16-12-30-20(24-16)14-6-8-17(26-2)18(10-14)27-3/h6-10,12H,13H2,1-5H3. The summed E-state index contributed by atoms with van der Waals surface area (Å²) in [5, 5.41) is 13.0. The molecule has 2 aromatic heterocycles. The predicted octanol–water partition coefficient (Wildman–Crippen LogP) is 4.85. The maximum absolute atomic E-state index is 9.47. The molecule has 0 N–H and O–H groups in total. The first-order chi connectivity index (χ1) is 15.0. The highest BCUT2D eigenvalue weighted by Crippen LogP contribution is 2.35. The van der Waals surface area contributed by atoms with E-state index in [0.29, 0.717) is 33.5 Å². The first kappa shape index (κ1) is 23.0. The molecule has 0 aliphatic rings. The van der Waals surface area contributed by atoms with Crippen LogP contribution in [0.4, 0.5) is 0 Å². The van der Waals surface area contributed by atoms with Crippen molar-refractivity contribution in [1.82, 2.24) is 9.97 Å². The molecule has 1 aromatic carbocycles. The Balaban J connectivity index is 1.80. The van der Waals surface area contributed by atoms with Crippen LogP contribution in [0.2, 0.25) is 0 Å². The van der Waals surface area contributed by atoms with E-state index in [9.17, 15) is 5.26 Å². The zero-order chi connectivity index (χ0) is 22.4.